The van der Waals surface area contributed by atoms with E-state index in [9.17, 15) is 9.59 Å². The van der Waals surface area contributed by atoms with E-state index < -0.39 is 0 Å². The minimum atomic E-state index is -0.363. The second kappa shape index (κ2) is 13.5. The summed E-state index contributed by atoms with van der Waals surface area (Å²) >= 11 is 13.3. The summed E-state index contributed by atoms with van der Waals surface area (Å²) in [6.45, 7) is 9.80. The van der Waals surface area contributed by atoms with Crippen LogP contribution in [0.25, 0.3) is 0 Å². The van der Waals surface area contributed by atoms with E-state index in [0.29, 0.717) is 41.4 Å². The molecule has 4 heterocycles. The summed E-state index contributed by atoms with van der Waals surface area (Å²) < 4.78 is 10.8. The van der Waals surface area contributed by atoms with Crippen molar-refractivity contribution in [2.75, 3.05) is 76.2 Å². The number of ether oxygens (including phenoxy) is 2. The standard InChI is InChI=1S/C30H40Cl2N8O4/c1-17(18(2)41)12-33-21-15-39(20-7-9-37(3)10-8-20)16-22(21)35-29-34-13-19-14-40(30(42)38(4)28(19)36-29)27-25(31)23(43-5)11-24(44-6)26(27)32/h11,13,20-22,33H,1,7-10,12,14-16H2,2-6H3,(H,34,35,36). The van der Waals surface area contributed by atoms with E-state index >= 15 is 0 Å². The van der Waals surface area contributed by atoms with Crippen LogP contribution in [0, 0.1) is 0 Å². The number of ketones is 1. The van der Waals surface area contributed by atoms with Gasteiger partial charge in [-0.1, -0.05) is 29.8 Å². The lowest BCUT2D eigenvalue weighted by molar-refractivity contribution is -0.113. The van der Waals surface area contributed by atoms with Crippen molar-refractivity contribution < 1.29 is 19.1 Å². The lowest BCUT2D eigenvalue weighted by Crippen LogP contribution is -2.47. The topological polar surface area (TPSA) is 115 Å². The van der Waals surface area contributed by atoms with Gasteiger partial charge < -0.3 is 25.0 Å². The molecule has 0 saturated carbocycles. The average Bonchev–Trinajstić information content (AvgIpc) is 3.41. The molecule has 0 spiro atoms. The number of hydrogen-bond acceptors (Lipinski definition) is 10. The maximum atomic E-state index is 13.7. The third-order valence-corrected chi connectivity index (χ3v) is 9.50. The van der Waals surface area contributed by atoms with Crippen LogP contribution in [0.2, 0.25) is 10.0 Å². The molecule has 2 aromatic rings. The molecular formula is C30H40Cl2N8O4. The first-order chi connectivity index (χ1) is 21.0. The van der Waals surface area contributed by atoms with Crippen LogP contribution in [0.5, 0.6) is 11.5 Å². The Morgan fingerprint density at radius 2 is 1.73 bits per heavy atom. The first-order valence-electron chi connectivity index (χ1n) is 14.6. The van der Waals surface area contributed by atoms with E-state index in [0.717, 1.165) is 44.6 Å². The summed E-state index contributed by atoms with van der Waals surface area (Å²) in [5, 5.41) is 7.45. The number of anilines is 3. The molecule has 2 N–H and O–H groups in total. The number of halogens is 2. The van der Waals surface area contributed by atoms with E-state index in [2.05, 4.69) is 39.0 Å². The molecule has 2 unspecified atom stereocenters. The summed E-state index contributed by atoms with van der Waals surface area (Å²) in [5.74, 6) is 1.55. The Labute approximate surface area is 268 Å². The monoisotopic (exact) mass is 646 g/mol. The fourth-order valence-corrected chi connectivity index (χ4v) is 6.76. The van der Waals surface area contributed by atoms with Gasteiger partial charge >= 0.3 is 6.03 Å². The molecule has 14 heteroatoms. The van der Waals surface area contributed by atoms with E-state index in [-0.39, 0.29) is 46.2 Å². The molecule has 2 amide bonds. The molecule has 1 aromatic heterocycles. The van der Waals surface area contributed by atoms with Gasteiger partial charge in [-0.25, -0.2) is 9.78 Å². The van der Waals surface area contributed by atoms with Gasteiger partial charge in [-0.3, -0.25) is 19.5 Å². The van der Waals surface area contributed by atoms with Crippen LogP contribution >= 0.6 is 23.2 Å². The Balaban J connectivity index is 1.37. The minimum absolute atomic E-state index is 0.0181. The van der Waals surface area contributed by atoms with Crippen molar-refractivity contribution in [2.24, 2.45) is 0 Å². The predicted octanol–water partition coefficient (Wildman–Crippen LogP) is 3.67. The van der Waals surface area contributed by atoms with Crippen molar-refractivity contribution in [2.45, 2.75) is 44.4 Å². The highest BCUT2D eigenvalue weighted by atomic mass is 35.5. The first-order valence-corrected chi connectivity index (χ1v) is 15.4. The maximum Gasteiger partial charge on any atom is 0.330 e. The molecule has 0 aliphatic carbocycles. The normalized spacial score (nSPS) is 21.4. The Kier molecular flexibility index (Phi) is 9.86. The highest BCUT2D eigenvalue weighted by Gasteiger charge is 2.38. The smallest absolute Gasteiger partial charge is 0.330 e. The summed E-state index contributed by atoms with van der Waals surface area (Å²) in [4.78, 5) is 42.7. The lowest BCUT2D eigenvalue weighted by Gasteiger charge is -2.35. The summed E-state index contributed by atoms with van der Waals surface area (Å²) in [5.41, 5.74) is 1.55. The zero-order valence-corrected chi connectivity index (χ0v) is 27.3. The highest BCUT2D eigenvalue weighted by Crippen LogP contribution is 2.47. The number of fused-ring (bicyclic) bond motifs is 1. The highest BCUT2D eigenvalue weighted by molar-refractivity contribution is 6.42. The molecule has 2 fully saturated rings. The maximum absolute atomic E-state index is 13.7. The SMILES string of the molecule is C=C(CNC1CN(C2CCN(C)CC2)CC1Nc1ncc2c(n1)N(C)C(=O)N(c1c(Cl)c(OC)cc(OC)c1Cl)C2)C(C)=O. The van der Waals surface area contributed by atoms with Gasteiger partial charge in [0.05, 0.1) is 32.5 Å². The van der Waals surface area contributed by atoms with Crippen LogP contribution in [0.3, 0.4) is 0 Å². The molecule has 238 valence electrons. The number of aromatic nitrogens is 2. The van der Waals surface area contributed by atoms with Crippen LogP contribution in [0.4, 0.5) is 22.2 Å². The molecule has 44 heavy (non-hydrogen) atoms. The number of hydrogen-bond donors (Lipinski definition) is 2. The minimum Gasteiger partial charge on any atom is -0.495 e. The lowest BCUT2D eigenvalue weighted by atomic mass is 10.0. The van der Waals surface area contributed by atoms with E-state index in [4.69, 9.17) is 37.7 Å². The average molecular weight is 648 g/mol. The molecule has 1 aromatic carbocycles. The Hall–Kier alpha value is -3.16. The number of rotatable bonds is 10. The van der Waals surface area contributed by atoms with Crippen molar-refractivity contribution in [3.63, 3.8) is 0 Å². The number of carbonyl (C=O) groups excluding carboxylic acids is 2. The molecular weight excluding hydrogens is 607 g/mol. The van der Waals surface area contributed by atoms with Gasteiger partial charge in [0.2, 0.25) is 5.95 Å². The molecule has 5 rings (SSSR count). The number of amides is 2. The number of Topliss-reactive ketones (excluding diaryl/α,β-unsaturated/α-hetero) is 1. The number of methoxy groups -OCH3 is 2. The largest absolute Gasteiger partial charge is 0.495 e. The fourth-order valence-electron chi connectivity index (χ4n) is 6.05. The summed E-state index contributed by atoms with van der Waals surface area (Å²) in [6, 6.07) is 1.74. The Morgan fingerprint density at radius 3 is 2.34 bits per heavy atom. The van der Waals surface area contributed by atoms with Crippen molar-refractivity contribution in [1.82, 2.24) is 25.1 Å². The second-order valence-electron chi connectivity index (χ2n) is 11.6. The van der Waals surface area contributed by atoms with Crippen LogP contribution in [0.1, 0.15) is 25.3 Å². The molecule has 0 radical (unpaired) electrons. The van der Waals surface area contributed by atoms with Crippen molar-refractivity contribution >= 4 is 52.5 Å². The van der Waals surface area contributed by atoms with Crippen LogP contribution in [0.15, 0.2) is 24.4 Å². The van der Waals surface area contributed by atoms with Gasteiger partial charge in [0.15, 0.2) is 5.78 Å². The quantitative estimate of drug-likeness (QED) is 0.371. The van der Waals surface area contributed by atoms with Crippen LogP contribution < -0.4 is 29.9 Å². The number of nitrogens with zero attached hydrogens (tertiary/aromatic N) is 6. The van der Waals surface area contributed by atoms with Gasteiger partial charge in [-0.2, -0.15) is 4.98 Å². The van der Waals surface area contributed by atoms with Crippen molar-refractivity contribution in [1.29, 1.82) is 0 Å². The Morgan fingerprint density at radius 1 is 1.09 bits per heavy atom. The predicted molar refractivity (Wildman–Crippen MR) is 173 cm³/mol. The van der Waals surface area contributed by atoms with Gasteiger partial charge in [0, 0.05) is 62.2 Å². The Bertz CT molecular complexity index is 1410. The number of urea groups is 1. The van der Waals surface area contributed by atoms with Gasteiger partial charge in [-0.15, -0.1) is 0 Å². The van der Waals surface area contributed by atoms with Crippen molar-refractivity contribution in [3.05, 3.63) is 40.0 Å². The zero-order valence-electron chi connectivity index (χ0n) is 25.8. The van der Waals surface area contributed by atoms with E-state index in [1.807, 2.05) is 0 Å². The third kappa shape index (κ3) is 6.45. The number of carbonyl (C=O) groups is 2. The molecule has 0 bridgehead atoms. The summed E-state index contributed by atoms with van der Waals surface area (Å²) in [6.07, 6.45) is 3.94. The molecule has 3 aliphatic rings. The number of benzene rings is 1. The zero-order chi connectivity index (χ0) is 31.7. The van der Waals surface area contributed by atoms with E-state index in [1.54, 1.807) is 19.3 Å². The molecule has 3 aliphatic heterocycles. The fraction of sp³-hybridized carbons (Fsp3) is 0.533. The van der Waals surface area contributed by atoms with Crippen molar-refractivity contribution in [3.8, 4) is 11.5 Å². The van der Waals surface area contributed by atoms with Crippen LogP contribution in [-0.4, -0.2) is 111 Å². The van der Waals surface area contributed by atoms with E-state index in [1.165, 1.54) is 30.9 Å². The molecule has 12 nitrogen and oxygen atoms in total. The number of piperidine rings is 1. The first kappa shape index (κ1) is 32.2. The van der Waals surface area contributed by atoms with Gasteiger partial charge in [0.1, 0.15) is 27.4 Å². The molecule has 2 atom stereocenters. The van der Waals surface area contributed by atoms with Crippen LogP contribution in [-0.2, 0) is 11.3 Å². The molecule has 2 saturated heterocycles. The second-order valence-corrected chi connectivity index (χ2v) is 12.4. The number of likely N-dealkylation sites (tertiary alicyclic amines) is 2. The number of nitrogens with one attached hydrogen (secondary N) is 2. The van der Waals surface area contributed by atoms with Gasteiger partial charge in [-0.05, 0) is 39.9 Å². The van der Waals surface area contributed by atoms with Gasteiger partial charge in [0.25, 0.3) is 0 Å². The summed E-state index contributed by atoms with van der Waals surface area (Å²) in [7, 11) is 6.78. The third-order valence-electron chi connectivity index (χ3n) is 8.77.